The molecule has 0 atom stereocenters. The van der Waals surface area contributed by atoms with Crippen molar-refractivity contribution >= 4 is 0 Å². The molecule has 1 N–H and O–H groups in total. The Morgan fingerprint density at radius 3 is 3.00 bits per heavy atom. The van der Waals surface area contributed by atoms with Crippen LogP contribution in [0.1, 0.15) is 19.4 Å². The van der Waals surface area contributed by atoms with Gasteiger partial charge in [0.25, 0.3) is 0 Å². The summed E-state index contributed by atoms with van der Waals surface area (Å²) in [7, 11) is 0. The summed E-state index contributed by atoms with van der Waals surface area (Å²) in [5.41, 5.74) is 1.20. The molecule has 2 aromatic rings. The van der Waals surface area contributed by atoms with Gasteiger partial charge >= 0.3 is 0 Å². The highest BCUT2D eigenvalue weighted by molar-refractivity contribution is 5.26. The monoisotopic (exact) mass is 231 g/mol. The molecule has 0 spiro atoms. The van der Waals surface area contributed by atoms with Gasteiger partial charge in [-0.3, -0.25) is 0 Å². The number of pyridine rings is 1. The molecule has 0 saturated heterocycles. The highest BCUT2D eigenvalue weighted by Gasteiger charge is 2.00. The second-order valence-corrected chi connectivity index (χ2v) is 4.39. The van der Waals surface area contributed by atoms with Crippen LogP contribution < -0.4 is 5.32 Å². The zero-order valence-electron chi connectivity index (χ0n) is 10.2. The van der Waals surface area contributed by atoms with Crippen molar-refractivity contribution in [1.82, 2.24) is 25.1 Å². The zero-order chi connectivity index (χ0) is 12.1. The van der Waals surface area contributed by atoms with Gasteiger partial charge in [0.1, 0.15) is 12.7 Å². The van der Waals surface area contributed by atoms with E-state index >= 15 is 0 Å². The van der Waals surface area contributed by atoms with E-state index in [-0.39, 0.29) is 0 Å². The molecule has 90 valence electrons. The van der Waals surface area contributed by atoms with Crippen molar-refractivity contribution < 1.29 is 0 Å². The van der Waals surface area contributed by atoms with E-state index in [0.29, 0.717) is 5.92 Å². The van der Waals surface area contributed by atoms with E-state index in [9.17, 15) is 0 Å². The van der Waals surface area contributed by atoms with Crippen molar-refractivity contribution in [3.63, 3.8) is 0 Å². The fraction of sp³-hybridized carbons (Fsp3) is 0.417. The van der Waals surface area contributed by atoms with Gasteiger partial charge < -0.3 is 5.32 Å². The molecule has 0 bridgehead atoms. The molecule has 0 fully saturated rings. The Labute approximate surface area is 101 Å². The van der Waals surface area contributed by atoms with E-state index in [0.717, 1.165) is 18.9 Å². The summed E-state index contributed by atoms with van der Waals surface area (Å²) in [6, 6.07) is 4.02. The number of aromatic nitrogens is 4. The third-order valence-electron chi connectivity index (χ3n) is 2.35. The Hall–Kier alpha value is -1.75. The predicted octanol–water partition coefficient (Wildman–Crippen LogP) is 1.41. The van der Waals surface area contributed by atoms with Crippen molar-refractivity contribution in [3.8, 4) is 5.82 Å². The molecular formula is C12H17N5. The average Bonchev–Trinajstić information content (AvgIpc) is 2.82. The van der Waals surface area contributed by atoms with Gasteiger partial charge in [-0.25, -0.2) is 14.6 Å². The standard InChI is InChI=1S/C12H17N5/c1-10(2)6-13-7-11-3-4-15-12(5-11)17-9-14-8-16-17/h3-5,8-10,13H,6-7H2,1-2H3. The van der Waals surface area contributed by atoms with Crippen molar-refractivity contribution in [2.75, 3.05) is 6.54 Å². The summed E-state index contributed by atoms with van der Waals surface area (Å²) in [6.07, 6.45) is 4.95. The highest BCUT2D eigenvalue weighted by Crippen LogP contribution is 2.05. The summed E-state index contributed by atoms with van der Waals surface area (Å²) in [5.74, 6) is 1.46. The lowest BCUT2D eigenvalue weighted by molar-refractivity contribution is 0.552. The lowest BCUT2D eigenvalue weighted by atomic mass is 10.2. The van der Waals surface area contributed by atoms with Gasteiger partial charge in [-0.2, -0.15) is 5.10 Å². The molecular weight excluding hydrogens is 214 g/mol. The Morgan fingerprint density at radius 2 is 2.29 bits per heavy atom. The highest BCUT2D eigenvalue weighted by atomic mass is 15.3. The van der Waals surface area contributed by atoms with Crippen molar-refractivity contribution in [2.24, 2.45) is 5.92 Å². The molecule has 2 rings (SSSR count). The van der Waals surface area contributed by atoms with Crippen LogP contribution in [0.25, 0.3) is 5.82 Å². The molecule has 0 aliphatic heterocycles. The molecule has 0 amide bonds. The zero-order valence-corrected chi connectivity index (χ0v) is 10.2. The van der Waals surface area contributed by atoms with E-state index < -0.39 is 0 Å². The predicted molar refractivity (Wildman–Crippen MR) is 65.7 cm³/mol. The first-order valence-corrected chi connectivity index (χ1v) is 5.76. The minimum atomic E-state index is 0.659. The van der Waals surface area contributed by atoms with Gasteiger partial charge in [0.15, 0.2) is 5.82 Å². The Morgan fingerprint density at radius 1 is 1.41 bits per heavy atom. The molecule has 2 heterocycles. The number of nitrogens with zero attached hydrogens (tertiary/aromatic N) is 4. The second kappa shape index (κ2) is 5.54. The molecule has 5 nitrogen and oxygen atoms in total. The van der Waals surface area contributed by atoms with Crippen molar-refractivity contribution in [2.45, 2.75) is 20.4 Å². The fourth-order valence-corrected chi connectivity index (χ4v) is 1.53. The van der Waals surface area contributed by atoms with Crippen LogP contribution in [0.2, 0.25) is 0 Å². The summed E-state index contributed by atoms with van der Waals surface area (Å²) in [6.45, 7) is 6.25. The number of nitrogens with one attached hydrogen (secondary N) is 1. The van der Waals surface area contributed by atoms with Crippen LogP contribution in [0.5, 0.6) is 0 Å². The Balaban J connectivity index is 2.02. The summed E-state index contributed by atoms with van der Waals surface area (Å²) in [5, 5.41) is 7.46. The topological polar surface area (TPSA) is 55.6 Å². The number of hydrogen-bond donors (Lipinski definition) is 1. The third-order valence-corrected chi connectivity index (χ3v) is 2.35. The van der Waals surface area contributed by atoms with Crippen molar-refractivity contribution in [3.05, 3.63) is 36.5 Å². The van der Waals surface area contributed by atoms with Gasteiger partial charge in [-0.15, -0.1) is 0 Å². The Bertz CT molecular complexity index is 450. The quantitative estimate of drug-likeness (QED) is 0.845. The number of rotatable bonds is 5. The molecule has 17 heavy (non-hydrogen) atoms. The molecule has 0 unspecified atom stereocenters. The van der Waals surface area contributed by atoms with Crippen LogP contribution in [0.4, 0.5) is 0 Å². The summed E-state index contributed by atoms with van der Waals surface area (Å²) in [4.78, 5) is 8.17. The maximum Gasteiger partial charge on any atom is 0.155 e. The number of hydrogen-bond acceptors (Lipinski definition) is 4. The van der Waals surface area contributed by atoms with E-state index in [4.69, 9.17) is 0 Å². The van der Waals surface area contributed by atoms with Gasteiger partial charge in [-0.1, -0.05) is 13.8 Å². The molecule has 0 aliphatic rings. The van der Waals surface area contributed by atoms with Crippen LogP contribution in [-0.4, -0.2) is 26.3 Å². The average molecular weight is 231 g/mol. The molecule has 2 aromatic heterocycles. The third kappa shape index (κ3) is 3.35. The van der Waals surface area contributed by atoms with E-state index in [1.54, 1.807) is 17.2 Å². The van der Waals surface area contributed by atoms with Crippen LogP contribution in [-0.2, 0) is 6.54 Å². The van der Waals surface area contributed by atoms with Gasteiger partial charge in [0, 0.05) is 12.7 Å². The lowest BCUT2D eigenvalue weighted by Gasteiger charge is -2.08. The molecule has 0 saturated carbocycles. The first-order valence-electron chi connectivity index (χ1n) is 5.76. The molecule has 5 heteroatoms. The minimum Gasteiger partial charge on any atom is -0.312 e. The summed E-state index contributed by atoms with van der Waals surface area (Å²) >= 11 is 0. The maximum absolute atomic E-state index is 4.26. The summed E-state index contributed by atoms with van der Waals surface area (Å²) < 4.78 is 1.66. The Kier molecular flexibility index (Phi) is 3.82. The van der Waals surface area contributed by atoms with E-state index in [1.165, 1.54) is 11.9 Å². The van der Waals surface area contributed by atoms with Crippen LogP contribution in [0, 0.1) is 5.92 Å². The van der Waals surface area contributed by atoms with Gasteiger partial charge in [0.05, 0.1) is 0 Å². The van der Waals surface area contributed by atoms with E-state index in [2.05, 4.69) is 34.2 Å². The smallest absolute Gasteiger partial charge is 0.155 e. The second-order valence-electron chi connectivity index (χ2n) is 4.39. The minimum absolute atomic E-state index is 0.659. The fourth-order valence-electron chi connectivity index (χ4n) is 1.53. The molecule has 0 aromatic carbocycles. The van der Waals surface area contributed by atoms with E-state index in [1.807, 2.05) is 12.1 Å². The molecule has 0 aliphatic carbocycles. The first kappa shape index (κ1) is 11.7. The SMILES string of the molecule is CC(C)CNCc1ccnc(-n2cncn2)c1. The first-order chi connectivity index (χ1) is 8.25. The van der Waals surface area contributed by atoms with Crippen LogP contribution >= 0.6 is 0 Å². The molecule has 0 radical (unpaired) electrons. The normalized spacial score (nSPS) is 11.0. The lowest BCUT2D eigenvalue weighted by Crippen LogP contribution is -2.19. The van der Waals surface area contributed by atoms with Crippen LogP contribution in [0.3, 0.4) is 0 Å². The van der Waals surface area contributed by atoms with Crippen LogP contribution in [0.15, 0.2) is 31.0 Å². The maximum atomic E-state index is 4.26. The van der Waals surface area contributed by atoms with Gasteiger partial charge in [0.2, 0.25) is 0 Å². The largest absolute Gasteiger partial charge is 0.312 e. The van der Waals surface area contributed by atoms with Gasteiger partial charge in [-0.05, 0) is 30.2 Å². The van der Waals surface area contributed by atoms with Crippen molar-refractivity contribution in [1.29, 1.82) is 0 Å².